The van der Waals surface area contributed by atoms with Crippen molar-refractivity contribution in [2.75, 3.05) is 17.2 Å². The molecule has 0 spiro atoms. The van der Waals surface area contributed by atoms with Crippen molar-refractivity contribution in [3.63, 3.8) is 0 Å². The Morgan fingerprint density at radius 1 is 1.53 bits per heavy atom. The quantitative estimate of drug-likeness (QED) is 0.711. The van der Waals surface area contributed by atoms with Crippen LogP contribution in [0.5, 0.6) is 0 Å². The van der Waals surface area contributed by atoms with E-state index in [4.69, 9.17) is 5.73 Å². The molecule has 0 radical (unpaired) electrons. The molecule has 2 N–H and O–H groups in total. The number of amides is 1. The van der Waals surface area contributed by atoms with Gasteiger partial charge in [-0.1, -0.05) is 6.92 Å². The van der Waals surface area contributed by atoms with Gasteiger partial charge in [-0.3, -0.25) is 4.79 Å². The lowest BCUT2D eigenvalue weighted by atomic mass is 10.0. The van der Waals surface area contributed by atoms with Gasteiger partial charge in [0, 0.05) is 24.3 Å². The second kappa shape index (κ2) is 3.93. The Hall–Kier alpha value is -1.51. The Bertz CT molecular complexity index is 387. The predicted octanol–water partition coefficient (Wildman–Crippen LogP) is 1.96. The first-order valence-electron chi connectivity index (χ1n) is 5.41. The van der Waals surface area contributed by atoms with Crippen LogP contribution >= 0.6 is 0 Å². The highest BCUT2D eigenvalue weighted by atomic mass is 16.2. The number of fused-ring (bicyclic) bond motifs is 1. The molecule has 1 heterocycles. The van der Waals surface area contributed by atoms with Crippen molar-refractivity contribution < 1.29 is 4.79 Å². The van der Waals surface area contributed by atoms with Crippen molar-refractivity contribution in [2.24, 2.45) is 0 Å². The number of benzene rings is 1. The van der Waals surface area contributed by atoms with Gasteiger partial charge in [0.1, 0.15) is 0 Å². The first kappa shape index (κ1) is 10.0. The normalized spacial score (nSPS) is 14.9. The topological polar surface area (TPSA) is 46.3 Å². The summed E-state index contributed by atoms with van der Waals surface area (Å²) in [6.07, 6.45) is 2.61. The summed E-state index contributed by atoms with van der Waals surface area (Å²) in [5.41, 5.74) is 8.75. The molecule has 1 amide bonds. The van der Waals surface area contributed by atoms with E-state index in [0.29, 0.717) is 6.42 Å². The SMILES string of the molecule is CCC(=O)N1CCCc2cc(N)ccc21. The van der Waals surface area contributed by atoms with E-state index < -0.39 is 0 Å². The van der Waals surface area contributed by atoms with Crippen LogP contribution < -0.4 is 10.6 Å². The van der Waals surface area contributed by atoms with Gasteiger partial charge in [0.2, 0.25) is 5.91 Å². The molecule has 0 atom stereocenters. The van der Waals surface area contributed by atoms with Crippen LogP contribution in [0.1, 0.15) is 25.3 Å². The zero-order valence-electron chi connectivity index (χ0n) is 8.99. The standard InChI is InChI=1S/C12H16N2O/c1-2-12(15)14-7-3-4-9-8-10(13)5-6-11(9)14/h5-6,8H,2-4,7,13H2,1H3. The minimum atomic E-state index is 0.195. The number of carbonyl (C=O) groups is 1. The number of carbonyl (C=O) groups excluding carboxylic acids is 1. The minimum absolute atomic E-state index is 0.195. The van der Waals surface area contributed by atoms with Crippen LogP contribution in [0, 0.1) is 0 Å². The molecule has 0 saturated heterocycles. The Balaban J connectivity index is 2.38. The van der Waals surface area contributed by atoms with Crippen LogP contribution in [0.25, 0.3) is 0 Å². The van der Waals surface area contributed by atoms with Crippen molar-refractivity contribution in [1.29, 1.82) is 0 Å². The van der Waals surface area contributed by atoms with E-state index in [0.717, 1.165) is 30.8 Å². The van der Waals surface area contributed by atoms with E-state index in [-0.39, 0.29) is 5.91 Å². The van der Waals surface area contributed by atoms with E-state index >= 15 is 0 Å². The van der Waals surface area contributed by atoms with Gasteiger partial charge in [0.15, 0.2) is 0 Å². The lowest BCUT2D eigenvalue weighted by Gasteiger charge is -2.29. The highest BCUT2D eigenvalue weighted by Crippen LogP contribution is 2.29. The zero-order chi connectivity index (χ0) is 10.8. The highest BCUT2D eigenvalue weighted by molar-refractivity contribution is 5.94. The van der Waals surface area contributed by atoms with Gasteiger partial charge in [-0.15, -0.1) is 0 Å². The third-order valence-corrected chi connectivity index (χ3v) is 2.83. The van der Waals surface area contributed by atoms with Crippen LogP contribution in [0.15, 0.2) is 18.2 Å². The Labute approximate surface area is 89.9 Å². The number of anilines is 2. The largest absolute Gasteiger partial charge is 0.399 e. The number of nitrogens with two attached hydrogens (primary N) is 1. The van der Waals surface area contributed by atoms with Gasteiger partial charge < -0.3 is 10.6 Å². The third kappa shape index (κ3) is 1.82. The van der Waals surface area contributed by atoms with Gasteiger partial charge >= 0.3 is 0 Å². The van der Waals surface area contributed by atoms with Crippen molar-refractivity contribution in [3.8, 4) is 0 Å². The van der Waals surface area contributed by atoms with Crippen LogP contribution in [0.2, 0.25) is 0 Å². The molecule has 3 heteroatoms. The number of hydrogen-bond donors (Lipinski definition) is 1. The molecule has 1 aliphatic rings. The molecule has 0 saturated carbocycles. The molecule has 0 aromatic heterocycles. The molecule has 1 aromatic rings. The molecule has 0 fully saturated rings. The Kier molecular flexibility index (Phi) is 2.62. The van der Waals surface area contributed by atoms with E-state index in [2.05, 4.69) is 0 Å². The first-order valence-corrected chi connectivity index (χ1v) is 5.41. The maximum absolute atomic E-state index is 11.7. The Morgan fingerprint density at radius 3 is 3.07 bits per heavy atom. The van der Waals surface area contributed by atoms with E-state index in [1.54, 1.807) is 0 Å². The summed E-state index contributed by atoms with van der Waals surface area (Å²) in [7, 11) is 0. The molecule has 15 heavy (non-hydrogen) atoms. The number of aryl methyl sites for hydroxylation is 1. The van der Waals surface area contributed by atoms with Gasteiger partial charge in [-0.25, -0.2) is 0 Å². The molecule has 2 rings (SSSR count). The lowest BCUT2D eigenvalue weighted by molar-refractivity contribution is -0.118. The molecule has 3 nitrogen and oxygen atoms in total. The maximum Gasteiger partial charge on any atom is 0.226 e. The molecule has 80 valence electrons. The summed E-state index contributed by atoms with van der Waals surface area (Å²) in [6.45, 7) is 2.73. The summed E-state index contributed by atoms with van der Waals surface area (Å²) in [5.74, 6) is 0.195. The lowest BCUT2D eigenvalue weighted by Crippen LogP contribution is -2.34. The fourth-order valence-corrected chi connectivity index (χ4v) is 2.07. The van der Waals surface area contributed by atoms with E-state index in [9.17, 15) is 4.79 Å². The third-order valence-electron chi connectivity index (χ3n) is 2.83. The van der Waals surface area contributed by atoms with Crippen molar-refractivity contribution in [3.05, 3.63) is 23.8 Å². The molecule has 1 aliphatic heterocycles. The second-order valence-electron chi connectivity index (χ2n) is 3.89. The summed E-state index contributed by atoms with van der Waals surface area (Å²) in [4.78, 5) is 13.6. The van der Waals surface area contributed by atoms with Crippen LogP contribution in [0.3, 0.4) is 0 Å². The molecular weight excluding hydrogens is 188 g/mol. The molecular formula is C12H16N2O. The summed E-state index contributed by atoms with van der Waals surface area (Å²) in [5, 5.41) is 0. The summed E-state index contributed by atoms with van der Waals surface area (Å²) < 4.78 is 0. The number of nitrogens with zero attached hydrogens (tertiary/aromatic N) is 1. The minimum Gasteiger partial charge on any atom is -0.399 e. The van der Waals surface area contributed by atoms with Crippen LogP contribution in [-0.4, -0.2) is 12.5 Å². The highest BCUT2D eigenvalue weighted by Gasteiger charge is 2.20. The average Bonchev–Trinajstić information content (AvgIpc) is 2.26. The fraction of sp³-hybridized carbons (Fsp3) is 0.417. The zero-order valence-corrected chi connectivity index (χ0v) is 8.99. The van der Waals surface area contributed by atoms with Gasteiger partial charge in [0.05, 0.1) is 0 Å². The van der Waals surface area contributed by atoms with Gasteiger partial charge in [-0.05, 0) is 36.6 Å². The Morgan fingerprint density at radius 2 is 2.33 bits per heavy atom. The van der Waals surface area contributed by atoms with Gasteiger partial charge in [0.25, 0.3) is 0 Å². The smallest absolute Gasteiger partial charge is 0.226 e. The van der Waals surface area contributed by atoms with Crippen LogP contribution in [0.4, 0.5) is 11.4 Å². The van der Waals surface area contributed by atoms with Crippen molar-refractivity contribution in [2.45, 2.75) is 26.2 Å². The van der Waals surface area contributed by atoms with Crippen molar-refractivity contribution >= 4 is 17.3 Å². The molecule has 0 unspecified atom stereocenters. The second-order valence-corrected chi connectivity index (χ2v) is 3.89. The van der Waals surface area contributed by atoms with E-state index in [1.165, 1.54) is 5.56 Å². The fourth-order valence-electron chi connectivity index (χ4n) is 2.07. The number of rotatable bonds is 1. The number of hydrogen-bond acceptors (Lipinski definition) is 2. The number of nitrogen functional groups attached to an aromatic ring is 1. The molecule has 1 aromatic carbocycles. The average molecular weight is 204 g/mol. The van der Waals surface area contributed by atoms with Gasteiger partial charge in [-0.2, -0.15) is 0 Å². The van der Waals surface area contributed by atoms with Crippen molar-refractivity contribution in [1.82, 2.24) is 0 Å². The first-order chi connectivity index (χ1) is 7.22. The summed E-state index contributed by atoms with van der Waals surface area (Å²) >= 11 is 0. The monoisotopic (exact) mass is 204 g/mol. The predicted molar refractivity (Wildman–Crippen MR) is 61.8 cm³/mol. The summed E-state index contributed by atoms with van der Waals surface area (Å²) in [6, 6.07) is 5.79. The molecule has 0 bridgehead atoms. The van der Waals surface area contributed by atoms with Crippen LogP contribution in [-0.2, 0) is 11.2 Å². The van der Waals surface area contributed by atoms with E-state index in [1.807, 2.05) is 30.0 Å². The molecule has 0 aliphatic carbocycles. The maximum atomic E-state index is 11.7.